The first kappa shape index (κ1) is 20.9. The monoisotopic (exact) mass is 399 g/mol. The molecule has 1 aliphatic carbocycles. The topological polar surface area (TPSA) is 118 Å². The summed E-state index contributed by atoms with van der Waals surface area (Å²) in [4.78, 5) is 32.5. The lowest BCUT2D eigenvalue weighted by atomic mass is 10.0. The minimum absolute atomic E-state index is 0.200. The Balaban J connectivity index is 0.000000345. The van der Waals surface area contributed by atoms with Gasteiger partial charge in [0.05, 0.1) is 24.6 Å². The Morgan fingerprint density at radius 2 is 1.96 bits per heavy atom. The van der Waals surface area contributed by atoms with Crippen molar-refractivity contribution in [3.8, 4) is 0 Å². The number of carboxylic acids is 1. The van der Waals surface area contributed by atoms with Gasteiger partial charge in [-0.1, -0.05) is 0 Å². The van der Waals surface area contributed by atoms with E-state index in [2.05, 4.69) is 4.74 Å². The molecule has 1 aliphatic rings. The molecule has 28 heavy (non-hydrogen) atoms. The number of nitrogens with two attached hydrogens (primary N) is 1. The molecule has 0 atom stereocenters. The Morgan fingerprint density at radius 1 is 1.36 bits per heavy atom. The van der Waals surface area contributed by atoms with E-state index in [1.54, 1.807) is 10.6 Å². The normalized spacial score (nSPS) is 12.9. The van der Waals surface area contributed by atoms with Gasteiger partial charge in [0, 0.05) is 30.3 Å². The van der Waals surface area contributed by atoms with E-state index in [1.165, 1.54) is 7.11 Å². The molecule has 8 nitrogen and oxygen atoms in total. The summed E-state index contributed by atoms with van der Waals surface area (Å²) >= 11 is 0. The molecular weight excluding hydrogens is 383 g/mol. The van der Waals surface area contributed by atoms with Crippen molar-refractivity contribution in [2.45, 2.75) is 19.1 Å². The second kappa shape index (κ2) is 7.71. The molecule has 0 aromatic carbocycles. The highest BCUT2D eigenvalue weighted by Crippen LogP contribution is 2.29. The molecule has 11 heteroatoms. The number of pyridine rings is 1. The van der Waals surface area contributed by atoms with Crippen LogP contribution in [0.3, 0.4) is 0 Å². The summed E-state index contributed by atoms with van der Waals surface area (Å²) in [6, 6.07) is 1.94. The fraction of sp³-hybridized carbons (Fsp3) is 0.294. The second-order valence-electron chi connectivity index (χ2n) is 5.85. The number of halogens is 3. The number of ketones is 1. The first-order valence-electron chi connectivity index (χ1n) is 7.85. The van der Waals surface area contributed by atoms with Crippen molar-refractivity contribution in [3.05, 3.63) is 35.5 Å². The quantitative estimate of drug-likeness (QED) is 0.565. The maximum absolute atomic E-state index is 12.4. The average molecular weight is 399 g/mol. The SMILES string of the molecule is COC(=O)CCn1cc2cc[n+](C)c3c2c1C(=O)C(N)=C3.O=C([O-])C(F)(F)F. The minimum atomic E-state index is -5.19. The van der Waals surface area contributed by atoms with Gasteiger partial charge in [0.25, 0.3) is 0 Å². The van der Waals surface area contributed by atoms with Gasteiger partial charge in [-0.05, 0) is 0 Å². The van der Waals surface area contributed by atoms with Crippen LogP contribution in [-0.2, 0) is 27.9 Å². The maximum atomic E-state index is 12.4. The van der Waals surface area contributed by atoms with E-state index in [0.717, 1.165) is 16.5 Å². The van der Waals surface area contributed by atoms with E-state index in [4.69, 9.17) is 15.6 Å². The van der Waals surface area contributed by atoms with Gasteiger partial charge < -0.3 is 24.9 Å². The van der Waals surface area contributed by atoms with Crippen LogP contribution in [0.15, 0.2) is 24.2 Å². The van der Waals surface area contributed by atoms with E-state index in [9.17, 15) is 22.8 Å². The molecule has 0 bridgehead atoms. The Labute approximate surface area is 156 Å². The molecular formula is C17H16F3N3O5. The predicted molar refractivity (Wildman–Crippen MR) is 87.3 cm³/mol. The molecule has 0 aliphatic heterocycles. The number of carbonyl (C=O) groups is 3. The fourth-order valence-corrected chi connectivity index (χ4v) is 2.68. The molecule has 0 spiro atoms. The number of nitrogens with zero attached hydrogens (tertiary/aromatic N) is 2. The molecule has 0 radical (unpaired) electrons. The lowest BCUT2D eigenvalue weighted by Crippen LogP contribution is -2.37. The van der Waals surface area contributed by atoms with Crippen LogP contribution in [0.5, 0.6) is 0 Å². The van der Waals surface area contributed by atoms with Gasteiger partial charge in [-0.2, -0.15) is 13.2 Å². The molecule has 2 heterocycles. The van der Waals surface area contributed by atoms with Crippen molar-refractivity contribution in [3.63, 3.8) is 0 Å². The standard InChI is InChI=1S/C15H15N3O3.C2HF3O2/c1-17-5-3-9-8-18(6-4-12(19)21-2)14-13(9)11(17)7-10(16)15(14)20;3-2(4,5)1(6)7/h3,5,7-8,16H,4,6H2,1-2H3;(H,6,7). The van der Waals surface area contributed by atoms with Gasteiger partial charge in [0.1, 0.15) is 18.7 Å². The molecule has 0 fully saturated rings. The first-order valence-corrected chi connectivity index (χ1v) is 7.85. The molecule has 0 unspecified atom stereocenters. The Bertz CT molecular complexity index is 992. The summed E-state index contributed by atoms with van der Waals surface area (Å²) in [5.41, 5.74) is 7.49. The molecule has 2 aromatic heterocycles. The highest BCUT2D eigenvalue weighted by molar-refractivity contribution is 6.21. The highest BCUT2D eigenvalue weighted by Gasteiger charge is 2.30. The Morgan fingerprint density at radius 3 is 2.50 bits per heavy atom. The molecule has 0 saturated heterocycles. The van der Waals surface area contributed by atoms with Gasteiger partial charge in [0.2, 0.25) is 11.5 Å². The van der Waals surface area contributed by atoms with Crippen LogP contribution in [0.1, 0.15) is 22.6 Å². The minimum Gasteiger partial charge on any atom is -0.542 e. The van der Waals surface area contributed by atoms with Crippen LogP contribution >= 0.6 is 0 Å². The molecule has 3 rings (SSSR count). The third-order valence-corrected chi connectivity index (χ3v) is 4.01. The van der Waals surface area contributed by atoms with E-state index in [0.29, 0.717) is 12.2 Å². The lowest BCUT2D eigenvalue weighted by Gasteiger charge is -2.11. The number of carbonyl (C=O) groups excluding carboxylic acids is 3. The van der Waals surface area contributed by atoms with Crippen molar-refractivity contribution in [2.24, 2.45) is 12.8 Å². The van der Waals surface area contributed by atoms with Crippen LogP contribution in [0.2, 0.25) is 0 Å². The zero-order valence-electron chi connectivity index (χ0n) is 14.9. The number of carboxylic acid groups (broad SMARTS) is 1. The summed E-state index contributed by atoms with van der Waals surface area (Å²) < 4.78 is 39.9. The Kier molecular flexibility index (Phi) is 5.76. The number of allylic oxidation sites excluding steroid dienone is 1. The zero-order valence-corrected chi connectivity index (χ0v) is 14.9. The summed E-state index contributed by atoms with van der Waals surface area (Å²) in [7, 11) is 3.26. The number of rotatable bonds is 3. The average Bonchev–Trinajstić information content (AvgIpc) is 2.99. The second-order valence-corrected chi connectivity index (χ2v) is 5.85. The van der Waals surface area contributed by atoms with Crippen LogP contribution in [0.4, 0.5) is 13.2 Å². The number of hydrogen-bond donors (Lipinski definition) is 1. The molecule has 2 aromatic rings. The number of aryl methyl sites for hydroxylation is 2. The third kappa shape index (κ3) is 4.13. The van der Waals surface area contributed by atoms with Crippen molar-refractivity contribution in [1.82, 2.24) is 4.57 Å². The van der Waals surface area contributed by atoms with Crippen molar-refractivity contribution < 1.29 is 42.0 Å². The van der Waals surface area contributed by atoms with E-state index in [-0.39, 0.29) is 23.9 Å². The summed E-state index contributed by atoms with van der Waals surface area (Å²) in [5.74, 6) is -3.52. The summed E-state index contributed by atoms with van der Waals surface area (Å²) in [6.07, 6.45) is 0.512. The number of Topliss-reactive ketones (excluding diaryl/α,β-unsaturated/α-hetero) is 1. The van der Waals surface area contributed by atoms with Gasteiger partial charge in [-0.3, -0.25) is 9.59 Å². The van der Waals surface area contributed by atoms with Gasteiger partial charge in [-0.15, -0.1) is 0 Å². The molecule has 150 valence electrons. The maximum Gasteiger partial charge on any atom is 0.430 e. The summed E-state index contributed by atoms with van der Waals surface area (Å²) in [5, 5.41) is 10.6. The smallest absolute Gasteiger partial charge is 0.430 e. The van der Waals surface area contributed by atoms with E-state index in [1.807, 2.05) is 30.1 Å². The van der Waals surface area contributed by atoms with E-state index < -0.39 is 12.1 Å². The number of methoxy groups -OCH3 is 1. The molecule has 0 amide bonds. The third-order valence-electron chi connectivity index (χ3n) is 4.01. The van der Waals surface area contributed by atoms with Gasteiger partial charge in [0.15, 0.2) is 6.20 Å². The highest BCUT2D eigenvalue weighted by atomic mass is 19.4. The number of aliphatic carboxylic acids is 1. The fourth-order valence-electron chi connectivity index (χ4n) is 2.68. The van der Waals surface area contributed by atoms with Crippen LogP contribution in [0, 0.1) is 0 Å². The van der Waals surface area contributed by atoms with Crippen molar-refractivity contribution in [2.75, 3.05) is 7.11 Å². The lowest BCUT2D eigenvalue weighted by molar-refractivity contribution is -0.671. The van der Waals surface area contributed by atoms with Gasteiger partial charge >= 0.3 is 12.1 Å². The van der Waals surface area contributed by atoms with Crippen molar-refractivity contribution in [1.29, 1.82) is 0 Å². The van der Waals surface area contributed by atoms with Gasteiger partial charge in [-0.25, -0.2) is 4.57 Å². The number of hydrogen-bond acceptors (Lipinski definition) is 6. The molecule has 0 saturated carbocycles. The van der Waals surface area contributed by atoms with Crippen molar-refractivity contribution >= 4 is 34.6 Å². The summed E-state index contributed by atoms with van der Waals surface area (Å²) in [6.45, 7) is 0.388. The predicted octanol–water partition coefficient (Wildman–Crippen LogP) is -0.177. The largest absolute Gasteiger partial charge is 0.542 e. The number of esters is 1. The first-order chi connectivity index (χ1) is 13.0. The number of alkyl halides is 3. The Hall–Kier alpha value is -3.37. The number of aromatic nitrogens is 2. The van der Waals surface area contributed by atoms with Crippen LogP contribution in [0.25, 0.3) is 16.8 Å². The van der Waals surface area contributed by atoms with E-state index >= 15 is 0 Å². The van der Waals surface area contributed by atoms with Crippen LogP contribution in [-0.4, -0.2) is 35.6 Å². The number of ether oxygens (including phenoxy) is 1. The van der Waals surface area contributed by atoms with Crippen LogP contribution < -0.4 is 15.4 Å². The molecule has 2 N–H and O–H groups in total. The zero-order chi connectivity index (χ0) is 21.2.